The molecule has 28 heavy (non-hydrogen) atoms. The van der Waals surface area contributed by atoms with Crippen LogP contribution in [0, 0.1) is 5.92 Å². The van der Waals surface area contributed by atoms with Crippen LogP contribution in [0.2, 0.25) is 0 Å². The topological polar surface area (TPSA) is 76.7 Å². The summed E-state index contributed by atoms with van der Waals surface area (Å²) in [6.45, 7) is 5.94. The Hall–Kier alpha value is -2.50. The van der Waals surface area contributed by atoms with Crippen molar-refractivity contribution in [3.8, 4) is 5.75 Å². The zero-order valence-corrected chi connectivity index (χ0v) is 16.9. The van der Waals surface area contributed by atoms with E-state index in [9.17, 15) is 9.59 Å². The molecule has 2 N–H and O–H groups in total. The third-order valence-corrected chi connectivity index (χ3v) is 5.24. The lowest BCUT2D eigenvalue weighted by Gasteiger charge is -2.31. The van der Waals surface area contributed by atoms with Crippen LogP contribution in [0.3, 0.4) is 0 Å². The van der Waals surface area contributed by atoms with Crippen LogP contribution in [0.15, 0.2) is 35.5 Å². The predicted octanol–water partition coefficient (Wildman–Crippen LogP) is 4.23. The molecule has 152 valence electrons. The van der Waals surface area contributed by atoms with Gasteiger partial charge in [0.15, 0.2) is 0 Å². The first kappa shape index (κ1) is 20.2. The summed E-state index contributed by atoms with van der Waals surface area (Å²) in [6, 6.07) is 6.78. The van der Waals surface area contributed by atoms with Crippen LogP contribution < -0.4 is 15.4 Å². The van der Waals surface area contributed by atoms with Crippen molar-refractivity contribution in [2.24, 2.45) is 5.92 Å². The van der Waals surface area contributed by atoms with Gasteiger partial charge in [-0.25, -0.2) is 9.59 Å². The summed E-state index contributed by atoms with van der Waals surface area (Å²) >= 11 is 0. The molecule has 6 heteroatoms. The molecule has 1 aromatic rings. The van der Waals surface area contributed by atoms with Gasteiger partial charge in [0.25, 0.3) is 0 Å². The van der Waals surface area contributed by atoms with E-state index in [0.29, 0.717) is 11.3 Å². The first-order valence-corrected chi connectivity index (χ1v) is 10.2. The predicted molar refractivity (Wildman–Crippen MR) is 107 cm³/mol. The van der Waals surface area contributed by atoms with Gasteiger partial charge in [0.2, 0.25) is 0 Å². The van der Waals surface area contributed by atoms with E-state index < -0.39 is 12.0 Å². The molecule has 3 rings (SSSR count). The number of nitrogens with one attached hydrogen (secondary N) is 2. The average Bonchev–Trinajstić information content (AvgIpc) is 2.69. The van der Waals surface area contributed by atoms with E-state index in [-0.39, 0.29) is 24.7 Å². The van der Waals surface area contributed by atoms with Crippen LogP contribution in [0.4, 0.5) is 4.79 Å². The van der Waals surface area contributed by atoms with Crippen LogP contribution in [-0.4, -0.2) is 24.7 Å². The van der Waals surface area contributed by atoms with Crippen molar-refractivity contribution in [2.75, 3.05) is 6.61 Å². The highest BCUT2D eigenvalue weighted by Crippen LogP contribution is 2.32. The second kappa shape index (κ2) is 9.13. The summed E-state index contributed by atoms with van der Waals surface area (Å²) in [7, 11) is 0. The Morgan fingerprint density at radius 1 is 1.14 bits per heavy atom. The Morgan fingerprint density at radius 2 is 1.82 bits per heavy atom. The van der Waals surface area contributed by atoms with Crippen LogP contribution in [0.5, 0.6) is 5.75 Å². The number of ether oxygens (including phenoxy) is 2. The third-order valence-electron chi connectivity index (χ3n) is 5.24. The Morgan fingerprint density at radius 3 is 2.43 bits per heavy atom. The minimum absolute atomic E-state index is 0.0122. The normalized spacial score (nSPS) is 20.6. The number of urea groups is 1. The number of hydrogen-bond acceptors (Lipinski definition) is 4. The van der Waals surface area contributed by atoms with Crippen molar-refractivity contribution in [1.82, 2.24) is 10.6 Å². The van der Waals surface area contributed by atoms with Crippen molar-refractivity contribution in [3.63, 3.8) is 0 Å². The molecule has 1 fully saturated rings. The van der Waals surface area contributed by atoms with Crippen LogP contribution >= 0.6 is 0 Å². The molecule has 1 aliphatic heterocycles. The number of esters is 1. The van der Waals surface area contributed by atoms with Gasteiger partial charge >= 0.3 is 12.0 Å². The molecule has 1 aromatic carbocycles. The zero-order chi connectivity index (χ0) is 20.1. The molecule has 1 atom stereocenters. The molecule has 0 aromatic heterocycles. The Kier molecular flexibility index (Phi) is 6.60. The van der Waals surface area contributed by atoms with E-state index in [2.05, 4.69) is 10.6 Å². The molecule has 6 nitrogen and oxygen atoms in total. The van der Waals surface area contributed by atoms with Gasteiger partial charge in [-0.3, -0.25) is 0 Å². The maximum absolute atomic E-state index is 12.6. The molecule has 0 saturated heterocycles. The van der Waals surface area contributed by atoms with Gasteiger partial charge in [-0.15, -0.1) is 0 Å². The monoisotopic (exact) mass is 386 g/mol. The van der Waals surface area contributed by atoms with Gasteiger partial charge in [0.05, 0.1) is 24.3 Å². The smallest absolute Gasteiger partial charge is 0.338 e. The van der Waals surface area contributed by atoms with Gasteiger partial charge in [0, 0.05) is 5.70 Å². The zero-order valence-electron chi connectivity index (χ0n) is 16.9. The fourth-order valence-electron chi connectivity index (χ4n) is 3.84. The van der Waals surface area contributed by atoms with E-state index in [1.54, 1.807) is 6.92 Å². The number of hydrogen-bond donors (Lipinski definition) is 2. The van der Waals surface area contributed by atoms with Gasteiger partial charge < -0.3 is 20.1 Å². The Labute approximate surface area is 166 Å². The highest BCUT2D eigenvalue weighted by atomic mass is 16.5. The molecule has 0 spiro atoms. The summed E-state index contributed by atoms with van der Waals surface area (Å²) in [5.41, 5.74) is 1.89. The lowest BCUT2D eigenvalue weighted by molar-refractivity contribution is -0.139. The van der Waals surface area contributed by atoms with Crippen LogP contribution in [0.25, 0.3) is 0 Å². The number of amides is 2. The van der Waals surface area contributed by atoms with Crippen molar-refractivity contribution < 1.29 is 19.1 Å². The SMILES string of the molecule is CCOC(=O)C1=C(C(C)C)NC(=O)NC1c1ccc(OC2CCCCC2)cc1. The Bertz CT molecular complexity index is 733. The summed E-state index contributed by atoms with van der Waals surface area (Å²) in [5.74, 6) is 0.398. The molecule has 1 unspecified atom stereocenters. The van der Waals surface area contributed by atoms with Gasteiger partial charge in [0.1, 0.15) is 5.75 Å². The van der Waals surface area contributed by atoms with E-state index in [1.165, 1.54) is 19.3 Å². The molecular weight excluding hydrogens is 356 g/mol. The molecule has 1 aliphatic carbocycles. The number of rotatable bonds is 6. The van der Waals surface area contributed by atoms with Gasteiger partial charge in [-0.2, -0.15) is 0 Å². The number of allylic oxidation sites excluding steroid dienone is 1. The molecule has 0 bridgehead atoms. The molecule has 1 heterocycles. The second-order valence-electron chi connectivity index (χ2n) is 7.68. The van der Waals surface area contributed by atoms with Gasteiger partial charge in [-0.05, 0) is 56.2 Å². The van der Waals surface area contributed by atoms with Crippen LogP contribution in [-0.2, 0) is 9.53 Å². The Balaban J connectivity index is 1.85. The third kappa shape index (κ3) is 4.66. The second-order valence-corrected chi connectivity index (χ2v) is 7.68. The standard InChI is InChI=1S/C22H30N2O4/c1-4-27-21(25)18-19(14(2)3)23-22(26)24-20(18)15-10-12-17(13-11-15)28-16-8-6-5-7-9-16/h10-14,16,20H,4-9H2,1-3H3,(H2,23,24,26). The largest absolute Gasteiger partial charge is 0.490 e. The first-order chi connectivity index (χ1) is 13.5. The lowest BCUT2D eigenvalue weighted by atomic mass is 9.91. The maximum Gasteiger partial charge on any atom is 0.338 e. The van der Waals surface area contributed by atoms with Crippen molar-refractivity contribution >= 4 is 12.0 Å². The first-order valence-electron chi connectivity index (χ1n) is 10.2. The highest BCUT2D eigenvalue weighted by molar-refractivity contribution is 5.95. The summed E-state index contributed by atoms with van der Waals surface area (Å²) in [4.78, 5) is 24.8. The minimum Gasteiger partial charge on any atom is -0.490 e. The fraction of sp³-hybridized carbons (Fsp3) is 0.545. The lowest BCUT2D eigenvalue weighted by Crippen LogP contribution is -2.47. The summed E-state index contributed by atoms with van der Waals surface area (Å²) in [5, 5.41) is 5.63. The minimum atomic E-state index is -0.547. The fourth-order valence-corrected chi connectivity index (χ4v) is 3.84. The van der Waals surface area contributed by atoms with E-state index in [0.717, 1.165) is 24.2 Å². The summed E-state index contributed by atoms with van der Waals surface area (Å²) in [6.07, 6.45) is 6.19. The van der Waals surface area contributed by atoms with Crippen molar-refractivity contribution in [2.45, 2.75) is 65.0 Å². The average molecular weight is 386 g/mol. The quantitative estimate of drug-likeness (QED) is 0.718. The van der Waals surface area contributed by atoms with E-state index in [4.69, 9.17) is 9.47 Å². The molecule has 1 saturated carbocycles. The number of carbonyl (C=O) groups is 2. The number of benzene rings is 1. The molecule has 0 radical (unpaired) electrons. The van der Waals surface area contributed by atoms with E-state index in [1.807, 2.05) is 38.1 Å². The molecule has 2 amide bonds. The van der Waals surface area contributed by atoms with Gasteiger partial charge in [-0.1, -0.05) is 32.4 Å². The van der Waals surface area contributed by atoms with Crippen LogP contribution in [0.1, 0.15) is 64.5 Å². The molecule has 2 aliphatic rings. The van der Waals surface area contributed by atoms with Crippen molar-refractivity contribution in [3.05, 3.63) is 41.1 Å². The summed E-state index contributed by atoms with van der Waals surface area (Å²) < 4.78 is 11.3. The van der Waals surface area contributed by atoms with Crippen molar-refractivity contribution in [1.29, 1.82) is 0 Å². The molecular formula is C22H30N2O4. The maximum atomic E-state index is 12.6. The highest BCUT2D eigenvalue weighted by Gasteiger charge is 2.34. The van der Waals surface area contributed by atoms with E-state index >= 15 is 0 Å². The number of carbonyl (C=O) groups excluding carboxylic acids is 2.